The van der Waals surface area contributed by atoms with Gasteiger partial charge in [0.15, 0.2) is 0 Å². The van der Waals surface area contributed by atoms with E-state index in [1.54, 1.807) is 18.5 Å². The van der Waals surface area contributed by atoms with E-state index in [4.69, 9.17) is 6.57 Å². The third kappa shape index (κ3) is 1.26. The molecule has 0 bridgehead atoms. The molecule has 0 amide bonds. The molecule has 0 aromatic carbocycles. The third-order valence-corrected chi connectivity index (χ3v) is 0.990. The van der Waals surface area contributed by atoms with Crippen molar-refractivity contribution < 1.29 is 0 Å². The summed E-state index contributed by atoms with van der Waals surface area (Å²) in [6.45, 7) is 8.54. The van der Waals surface area contributed by atoms with Gasteiger partial charge >= 0.3 is 0 Å². The first-order chi connectivity index (χ1) is 4.33. The summed E-state index contributed by atoms with van der Waals surface area (Å²) in [5.74, 6) is 0. The summed E-state index contributed by atoms with van der Waals surface area (Å²) in [6, 6.07) is 1.81. The Morgan fingerprint density at radius 1 is 1.56 bits per heavy atom. The van der Waals surface area contributed by atoms with Crippen LogP contribution in [-0.4, -0.2) is 4.98 Å². The van der Waals surface area contributed by atoms with Gasteiger partial charge < -0.3 is 0 Å². The number of rotatable bonds is 0. The Bertz CT molecular complexity index is 247. The van der Waals surface area contributed by atoms with Gasteiger partial charge in [0.2, 0.25) is 5.69 Å². The highest BCUT2D eigenvalue weighted by Crippen LogP contribution is 2.09. The molecule has 0 atom stereocenters. The monoisotopic (exact) mass is 118 g/mol. The van der Waals surface area contributed by atoms with Gasteiger partial charge in [-0.05, 0) is 12.5 Å². The lowest BCUT2D eigenvalue weighted by molar-refractivity contribution is 1.28. The second-order valence-electron chi connectivity index (χ2n) is 1.83. The zero-order valence-corrected chi connectivity index (χ0v) is 5.13. The van der Waals surface area contributed by atoms with Crippen LogP contribution >= 0.6 is 0 Å². The van der Waals surface area contributed by atoms with Crippen molar-refractivity contribution in [2.24, 2.45) is 0 Å². The summed E-state index contributed by atoms with van der Waals surface area (Å²) >= 11 is 0. The molecule has 0 unspecified atom stereocenters. The smallest absolute Gasteiger partial charge is 0.205 e. The predicted octanol–water partition coefficient (Wildman–Crippen LogP) is 1.94. The van der Waals surface area contributed by atoms with Crippen molar-refractivity contribution in [2.75, 3.05) is 0 Å². The standard InChI is InChI=1S/C7H6N2/c1-6-3-7(8-2)5-9-4-6/h3-5H,1H3. The van der Waals surface area contributed by atoms with Gasteiger partial charge in [-0.15, -0.1) is 0 Å². The first-order valence-corrected chi connectivity index (χ1v) is 2.62. The molecule has 44 valence electrons. The number of aryl methyl sites for hydroxylation is 1. The van der Waals surface area contributed by atoms with Crippen LogP contribution in [0.4, 0.5) is 5.69 Å². The van der Waals surface area contributed by atoms with Crippen molar-refractivity contribution in [3.05, 3.63) is 35.4 Å². The molecular formula is C7H6N2. The van der Waals surface area contributed by atoms with Crippen molar-refractivity contribution in [1.29, 1.82) is 0 Å². The third-order valence-electron chi connectivity index (χ3n) is 0.990. The molecule has 0 radical (unpaired) electrons. The van der Waals surface area contributed by atoms with Gasteiger partial charge in [0.05, 0.1) is 6.57 Å². The normalized spacial score (nSPS) is 8.44. The van der Waals surface area contributed by atoms with Gasteiger partial charge in [-0.3, -0.25) is 4.98 Å². The molecule has 0 fully saturated rings. The van der Waals surface area contributed by atoms with Crippen LogP contribution in [0.5, 0.6) is 0 Å². The molecule has 0 aliphatic heterocycles. The minimum atomic E-state index is 0.606. The fourth-order valence-electron chi connectivity index (χ4n) is 0.600. The van der Waals surface area contributed by atoms with Gasteiger partial charge in [0, 0.05) is 12.4 Å². The van der Waals surface area contributed by atoms with Crippen LogP contribution in [0.3, 0.4) is 0 Å². The van der Waals surface area contributed by atoms with E-state index in [2.05, 4.69) is 9.83 Å². The molecule has 0 saturated heterocycles. The van der Waals surface area contributed by atoms with Crippen LogP contribution in [0.1, 0.15) is 5.56 Å². The number of hydrogen-bond acceptors (Lipinski definition) is 1. The highest BCUT2D eigenvalue weighted by molar-refractivity contribution is 5.42. The first kappa shape index (κ1) is 5.77. The molecule has 0 aliphatic rings. The van der Waals surface area contributed by atoms with Gasteiger partial charge in [-0.2, -0.15) is 0 Å². The van der Waals surface area contributed by atoms with Crippen LogP contribution in [0.25, 0.3) is 4.85 Å². The molecule has 1 heterocycles. The van der Waals surface area contributed by atoms with E-state index in [0.29, 0.717) is 5.69 Å². The molecule has 1 aromatic heterocycles. The topological polar surface area (TPSA) is 17.2 Å². The number of aromatic nitrogens is 1. The van der Waals surface area contributed by atoms with E-state index < -0.39 is 0 Å². The first-order valence-electron chi connectivity index (χ1n) is 2.62. The van der Waals surface area contributed by atoms with Crippen LogP contribution in [0.2, 0.25) is 0 Å². The van der Waals surface area contributed by atoms with Crippen LogP contribution in [-0.2, 0) is 0 Å². The fourth-order valence-corrected chi connectivity index (χ4v) is 0.600. The van der Waals surface area contributed by atoms with E-state index in [1.165, 1.54) is 0 Å². The largest absolute Gasteiger partial charge is 0.276 e. The van der Waals surface area contributed by atoms with Crippen molar-refractivity contribution >= 4 is 5.69 Å². The molecule has 2 heteroatoms. The lowest BCUT2D eigenvalue weighted by atomic mass is 10.3. The second kappa shape index (κ2) is 2.27. The average molecular weight is 118 g/mol. The Labute approximate surface area is 54.0 Å². The lowest BCUT2D eigenvalue weighted by Crippen LogP contribution is -1.72. The van der Waals surface area contributed by atoms with E-state index >= 15 is 0 Å². The summed E-state index contributed by atoms with van der Waals surface area (Å²) in [7, 11) is 0. The number of nitrogens with zero attached hydrogens (tertiary/aromatic N) is 2. The lowest BCUT2D eigenvalue weighted by Gasteiger charge is -1.88. The maximum atomic E-state index is 6.63. The van der Waals surface area contributed by atoms with E-state index in [0.717, 1.165) is 5.56 Å². The predicted molar refractivity (Wildman–Crippen MR) is 35.2 cm³/mol. The molecule has 1 aromatic rings. The van der Waals surface area contributed by atoms with Crippen LogP contribution in [0, 0.1) is 13.5 Å². The van der Waals surface area contributed by atoms with Gasteiger partial charge in [0.25, 0.3) is 0 Å². The van der Waals surface area contributed by atoms with E-state index in [1.807, 2.05) is 6.92 Å². The minimum absolute atomic E-state index is 0.606. The molecule has 9 heavy (non-hydrogen) atoms. The Balaban J connectivity index is 3.12. The summed E-state index contributed by atoms with van der Waals surface area (Å²) in [4.78, 5) is 7.06. The quantitative estimate of drug-likeness (QED) is 0.476. The summed E-state index contributed by atoms with van der Waals surface area (Å²) in [5, 5.41) is 0. The highest BCUT2D eigenvalue weighted by atomic mass is 14.7. The summed E-state index contributed by atoms with van der Waals surface area (Å²) in [6.07, 6.45) is 3.29. The van der Waals surface area contributed by atoms with Crippen molar-refractivity contribution in [3.8, 4) is 0 Å². The van der Waals surface area contributed by atoms with Crippen molar-refractivity contribution in [3.63, 3.8) is 0 Å². The van der Waals surface area contributed by atoms with Gasteiger partial charge in [0.1, 0.15) is 0 Å². The fraction of sp³-hybridized carbons (Fsp3) is 0.143. The molecule has 0 saturated carbocycles. The maximum absolute atomic E-state index is 6.63. The van der Waals surface area contributed by atoms with Crippen molar-refractivity contribution in [2.45, 2.75) is 6.92 Å². The SMILES string of the molecule is [C-]#[N+]c1cncc(C)c1. The zero-order valence-electron chi connectivity index (χ0n) is 5.13. The van der Waals surface area contributed by atoms with E-state index in [9.17, 15) is 0 Å². The Morgan fingerprint density at radius 3 is 2.78 bits per heavy atom. The van der Waals surface area contributed by atoms with Gasteiger partial charge in [-0.1, -0.05) is 6.07 Å². The molecule has 2 nitrogen and oxygen atoms in total. The highest BCUT2D eigenvalue weighted by Gasteiger charge is 1.87. The second-order valence-corrected chi connectivity index (χ2v) is 1.83. The Morgan fingerprint density at radius 2 is 2.33 bits per heavy atom. The molecule has 0 aliphatic carbocycles. The Hall–Kier alpha value is -1.36. The molecule has 1 rings (SSSR count). The van der Waals surface area contributed by atoms with Gasteiger partial charge in [-0.25, -0.2) is 4.85 Å². The average Bonchev–Trinajstić information content (AvgIpc) is 1.88. The molecular weight excluding hydrogens is 112 g/mol. The summed E-state index contributed by atoms with van der Waals surface area (Å²) < 4.78 is 0. The number of hydrogen-bond donors (Lipinski definition) is 0. The Kier molecular flexibility index (Phi) is 1.46. The molecule has 0 spiro atoms. The van der Waals surface area contributed by atoms with Crippen molar-refractivity contribution in [1.82, 2.24) is 4.98 Å². The maximum Gasteiger partial charge on any atom is 0.205 e. The minimum Gasteiger partial charge on any atom is -0.276 e. The van der Waals surface area contributed by atoms with E-state index in [-0.39, 0.29) is 0 Å². The number of pyridine rings is 1. The zero-order chi connectivity index (χ0) is 6.69. The summed E-state index contributed by atoms with van der Waals surface area (Å²) in [5.41, 5.74) is 1.64. The molecule has 0 N–H and O–H groups in total. The van der Waals surface area contributed by atoms with Crippen LogP contribution < -0.4 is 0 Å². The van der Waals surface area contributed by atoms with Crippen LogP contribution in [0.15, 0.2) is 18.5 Å².